The normalized spacial score (nSPS) is 22.0. The van der Waals surface area contributed by atoms with Gasteiger partial charge in [-0.1, -0.05) is 15.9 Å². The van der Waals surface area contributed by atoms with Gasteiger partial charge in [-0.25, -0.2) is 8.42 Å². The number of nitrogens with one attached hydrogen (secondary N) is 1. The molecular weight excluding hydrogens is 304 g/mol. The van der Waals surface area contributed by atoms with Crippen molar-refractivity contribution < 1.29 is 8.42 Å². The molecule has 90 valence electrons. The molecule has 4 nitrogen and oxygen atoms in total. The summed E-state index contributed by atoms with van der Waals surface area (Å²) in [5.41, 5.74) is 1.21. The van der Waals surface area contributed by atoms with Crippen molar-refractivity contribution in [1.82, 2.24) is 0 Å². The van der Waals surface area contributed by atoms with Gasteiger partial charge in [0, 0.05) is 10.5 Å². The summed E-state index contributed by atoms with van der Waals surface area (Å²) < 4.78 is 23.5. The maximum Gasteiger partial charge on any atom is 0.152 e. The predicted octanol–water partition coefficient (Wildman–Crippen LogP) is 1.92. The smallest absolute Gasteiger partial charge is 0.152 e. The van der Waals surface area contributed by atoms with Crippen molar-refractivity contribution in [2.75, 3.05) is 16.8 Å². The first kappa shape index (κ1) is 12.4. The van der Waals surface area contributed by atoms with E-state index in [-0.39, 0.29) is 17.5 Å². The molecule has 0 radical (unpaired) electrons. The zero-order valence-electron chi connectivity index (χ0n) is 8.98. The third kappa shape index (κ3) is 2.99. The summed E-state index contributed by atoms with van der Waals surface area (Å²) in [4.78, 5) is 0. The molecule has 6 heteroatoms. The molecule has 1 heterocycles. The number of rotatable bonds is 2. The minimum atomic E-state index is -2.90. The van der Waals surface area contributed by atoms with Crippen LogP contribution in [0.1, 0.15) is 12.0 Å². The second kappa shape index (κ2) is 4.67. The fraction of sp³-hybridized carbons (Fsp3) is 0.364. The van der Waals surface area contributed by atoms with Crippen molar-refractivity contribution in [3.8, 4) is 6.07 Å². The molecule has 1 aromatic rings. The lowest BCUT2D eigenvalue weighted by Crippen LogP contribution is -2.21. The number of nitrogens with zero attached hydrogens (tertiary/aromatic N) is 1. The Morgan fingerprint density at radius 2 is 2.24 bits per heavy atom. The number of anilines is 1. The summed E-state index contributed by atoms with van der Waals surface area (Å²) in [6, 6.07) is 7.32. The van der Waals surface area contributed by atoms with Gasteiger partial charge in [0.1, 0.15) is 6.07 Å². The molecule has 0 amide bonds. The summed E-state index contributed by atoms with van der Waals surface area (Å²) in [5.74, 6) is 0.372. The second-order valence-corrected chi connectivity index (χ2v) is 7.19. The van der Waals surface area contributed by atoms with Crippen LogP contribution in [0, 0.1) is 11.3 Å². The zero-order valence-corrected chi connectivity index (χ0v) is 11.4. The molecule has 1 saturated heterocycles. The molecule has 0 aromatic heterocycles. The van der Waals surface area contributed by atoms with Gasteiger partial charge in [0.25, 0.3) is 0 Å². The van der Waals surface area contributed by atoms with Crippen LogP contribution in [0.15, 0.2) is 22.7 Å². The largest absolute Gasteiger partial charge is 0.380 e. The molecule has 1 unspecified atom stereocenters. The molecule has 1 aromatic carbocycles. The van der Waals surface area contributed by atoms with Crippen molar-refractivity contribution in [1.29, 1.82) is 5.26 Å². The van der Waals surface area contributed by atoms with Crippen LogP contribution in [0.5, 0.6) is 0 Å². The zero-order chi connectivity index (χ0) is 12.5. The monoisotopic (exact) mass is 314 g/mol. The SMILES string of the molecule is N#Cc1cc(Br)ccc1NC1CCS(=O)(=O)C1. The maximum absolute atomic E-state index is 11.3. The number of halogens is 1. The fourth-order valence-corrected chi connectivity index (χ4v) is 3.90. The van der Waals surface area contributed by atoms with Crippen molar-refractivity contribution in [2.24, 2.45) is 0 Å². The molecule has 1 atom stereocenters. The molecule has 1 aliphatic rings. The molecule has 0 saturated carbocycles. The number of sulfone groups is 1. The summed E-state index contributed by atoms with van der Waals surface area (Å²) in [7, 11) is -2.90. The Balaban J connectivity index is 2.18. The third-order valence-corrected chi connectivity index (χ3v) is 4.96. The molecule has 17 heavy (non-hydrogen) atoms. The highest BCUT2D eigenvalue weighted by Gasteiger charge is 2.28. The Morgan fingerprint density at radius 3 is 2.82 bits per heavy atom. The number of benzene rings is 1. The van der Waals surface area contributed by atoms with E-state index in [9.17, 15) is 8.42 Å². The van der Waals surface area contributed by atoms with Crippen LogP contribution in [0.3, 0.4) is 0 Å². The predicted molar refractivity (Wildman–Crippen MR) is 69.5 cm³/mol. The van der Waals surface area contributed by atoms with E-state index in [1.54, 1.807) is 12.1 Å². The van der Waals surface area contributed by atoms with Crippen LogP contribution in [0.2, 0.25) is 0 Å². The van der Waals surface area contributed by atoms with E-state index in [1.807, 2.05) is 6.07 Å². The average Bonchev–Trinajstić information content (AvgIpc) is 2.61. The van der Waals surface area contributed by atoms with Gasteiger partial charge < -0.3 is 5.32 Å². The van der Waals surface area contributed by atoms with E-state index >= 15 is 0 Å². The summed E-state index contributed by atoms with van der Waals surface area (Å²) >= 11 is 3.29. The van der Waals surface area contributed by atoms with E-state index < -0.39 is 9.84 Å². The Bertz CT molecular complexity index is 578. The summed E-state index contributed by atoms with van der Waals surface area (Å²) in [6.07, 6.45) is 0.600. The standard InChI is InChI=1S/C11H11BrN2O2S/c12-9-1-2-11(8(5-9)6-13)14-10-3-4-17(15,16)7-10/h1-2,5,10,14H,3-4,7H2. The highest BCUT2D eigenvalue weighted by atomic mass is 79.9. The Labute approximate surface area is 109 Å². The van der Waals surface area contributed by atoms with Gasteiger partial charge in [0.2, 0.25) is 0 Å². The molecule has 1 aliphatic heterocycles. The minimum Gasteiger partial charge on any atom is -0.380 e. The van der Waals surface area contributed by atoms with Gasteiger partial charge in [-0.3, -0.25) is 0 Å². The van der Waals surface area contributed by atoms with Crippen LogP contribution in [-0.4, -0.2) is 26.0 Å². The Hall–Kier alpha value is -1.06. The molecule has 1 N–H and O–H groups in total. The van der Waals surface area contributed by atoms with Gasteiger partial charge in [-0.2, -0.15) is 5.26 Å². The first-order chi connectivity index (χ1) is 8.00. The highest BCUT2D eigenvalue weighted by molar-refractivity contribution is 9.10. The third-order valence-electron chi connectivity index (χ3n) is 2.69. The first-order valence-corrected chi connectivity index (χ1v) is 7.78. The van der Waals surface area contributed by atoms with Gasteiger partial charge in [-0.15, -0.1) is 0 Å². The van der Waals surface area contributed by atoms with E-state index in [2.05, 4.69) is 27.3 Å². The Kier molecular flexibility index (Phi) is 3.40. The van der Waals surface area contributed by atoms with Gasteiger partial charge in [0.05, 0.1) is 22.8 Å². The first-order valence-electron chi connectivity index (χ1n) is 5.17. The van der Waals surface area contributed by atoms with Crippen LogP contribution >= 0.6 is 15.9 Å². The second-order valence-electron chi connectivity index (χ2n) is 4.05. The fourth-order valence-electron chi connectivity index (χ4n) is 1.86. The molecular formula is C11H11BrN2O2S. The molecule has 2 rings (SSSR count). The minimum absolute atomic E-state index is 0.0896. The van der Waals surface area contributed by atoms with Gasteiger partial charge in [-0.05, 0) is 24.6 Å². The van der Waals surface area contributed by atoms with Crippen LogP contribution in [0.4, 0.5) is 5.69 Å². The van der Waals surface area contributed by atoms with Crippen molar-refractivity contribution >= 4 is 31.5 Å². The quantitative estimate of drug-likeness (QED) is 0.905. The topological polar surface area (TPSA) is 70.0 Å². The number of hydrogen-bond acceptors (Lipinski definition) is 4. The summed E-state index contributed by atoms with van der Waals surface area (Å²) in [5, 5.41) is 12.1. The van der Waals surface area contributed by atoms with Crippen LogP contribution < -0.4 is 5.32 Å². The number of hydrogen-bond donors (Lipinski definition) is 1. The number of nitriles is 1. The van der Waals surface area contributed by atoms with Gasteiger partial charge in [0.15, 0.2) is 9.84 Å². The maximum atomic E-state index is 11.3. The van der Waals surface area contributed by atoms with Crippen LogP contribution in [0.25, 0.3) is 0 Å². The van der Waals surface area contributed by atoms with Gasteiger partial charge >= 0.3 is 0 Å². The molecule has 0 spiro atoms. The lowest BCUT2D eigenvalue weighted by atomic mass is 10.1. The van der Waals surface area contributed by atoms with E-state index in [0.29, 0.717) is 17.7 Å². The van der Waals surface area contributed by atoms with Crippen molar-refractivity contribution in [3.05, 3.63) is 28.2 Å². The van der Waals surface area contributed by atoms with E-state index in [4.69, 9.17) is 5.26 Å². The molecule has 1 fully saturated rings. The van der Waals surface area contributed by atoms with E-state index in [0.717, 1.165) is 4.47 Å². The lowest BCUT2D eigenvalue weighted by Gasteiger charge is -2.13. The van der Waals surface area contributed by atoms with E-state index in [1.165, 1.54) is 0 Å². The molecule has 0 bridgehead atoms. The highest BCUT2D eigenvalue weighted by Crippen LogP contribution is 2.23. The van der Waals surface area contributed by atoms with Crippen molar-refractivity contribution in [3.63, 3.8) is 0 Å². The Morgan fingerprint density at radius 1 is 1.47 bits per heavy atom. The van der Waals surface area contributed by atoms with Crippen LogP contribution in [-0.2, 0) is 9.84 Å². The van der Waals surface area contributed by atoms with Crippen molar-refractivity contribution in [2.45, 2.75) is 12.5 Å². The lowest BCUT2D eigenvalue weighted by molar-refractivity contribution is 0.602. The average molecular weight is 315 g/mol. The summed E-state index contributed by atoms with van der Waals surface area (Å²) in [6.45, 7) is 0. The molecule has 0 aliphatic carbocycles.